The summed E-state index contributed by atoms with van der Waals surface area (Å²) in [6.07, 6.45) is 4.67. The lowest BCUT2D eigenvalue weighted by Gasteiger charge is -2.17. The van der Waals surface area contributed by atoms with Crippen LogP contribution in [0.1, 0.15) is 32.6 Å². The van der Waals surface area contributed by atoms with Crippen LogP contribution in [-0.4, -0.2) is 49.7 Å². The van der Waals surface area contributed by atoms with Crippen LogP contribution in [-0.2, 0) is 9.53 Å². The summed E-state index contributed by atoms with van der Waals surface area (Å²) < 4.78 is 5.57. The van der Waals surface area contributed by atoms with E-state index in [4.69, 9.17) is 4.74 Å². The van der Waals surface area contributed by atoms with Gasteiger partial charge >= 0.3 is 0 Å². The van der Waals surface area contributed by atoms with Gasteiger partial charge in [0.15, 0.2) is 0 Å². The zero-order chi connectivity index (χ0) is 12.1. The first-order valence-corrected chi connectivity index (χ1v) is 6.91. The Kier molecular flexibility index (Phi) is 4.80. The minimum atomic E-state index is 0.0541. The molecule has 4 nitrogen and oxygen atoms in total. The second-order valence-corrected chi connectivity index (χ2v) is 5.14. The number of likely N-dealkylation sites (tertiary alicyclic amines) is 1. The van der Waals surface area contributed by atoms with Gasteiger partial charge in [-0.25, -0.2) is 0 Å². The van der Waals surface area contributed by atoms with Crippen molar-refractivity contribution in [2.24, 2.45) is 5.92 Å². The van der Waals surface area contributed by atoms with Crippen molar-refractivity contribution >= 4 is 5.91 Å². The summed E-state index contributed by atoms with van der Waals surface area (Å²) in [6, 6.07) is 0.0541. The molecule has 1 heterocycles. The smallest absolute Gasteiger partial charge is 0.239 e. The summed E-state index contributed by atoms with van der Waals surface area (Å²) in [4.78, 5) is 13.9. The molecule has 1 saturated heterocycles. The summed E-state index contributed by atoms with van der Waals surface area (Å²) in [5.74, 6) is 1.07. The Morgan fingerprint density at radius 3 is 2.94 bits per heavy atom. The molecule has 1 amide bonds. The van der Waals surface area contributed by atoms with E-state index in [2.05, 4.69) is 12.2 Å². The van der Waals surface area contributed by atoms with Crippen LogP contribution in [0, 0.1) is 5.92 Å². The lowest BCUT2D eigenvalue weighted by Crippen LogP contribution is -2.39. The summed E-state index contributed by atoms with van der Waals surface area (Å²) in [5.41, 5.74) is 0. The maximum atomic E-state index is 12.0. The third kappa shape index (κ3) is 3.96. The molecule has 0 aromatic carbocycles. The number of hydrogen-bond acceptors (Lipinski definition) is 3. The van der Waals surface area contributed by atoms with E-state index in [-0.39, 0.29) is 11.9 Å². The lowest BCUT2D eigenvalue weighted by molar-refractivity contribution is -0.130. The van der Waals surface area contributed by atoms with Crippen molar-refractivity contribution in [1.29, 1.82) is 0 Å². The number of ether oxygens (including phenoxy) is 1. The Bertz CT molecular complexity index is 254. The SMILES string of the molecule is CCCNC1CCN(CCOCC2CC2)C1=O. The highest BCUT2D eigenvalue weighted by molar-refractivity contribution is 5.83. The van der Waals surface area contributed by atoms with E-state index in [0.29, 0.717) is 6.61 Å². The van der Waals surface area contributed by atoms with Crippen LogP contribution in [0.4, 0.5) is 0 Å². The molecule has 0 aromatic heterocycles. The van der Waals surface area contributed by atoms with Gasteiger partial charge in [-0.15, -0.1) is 0 Å². The minimum absolute atomic E-state index is 0.0541. The first kappa shape index (κ1) is 12.8. The molecular weight excluding hydrogens is 216 g/mol. The van der Waals surface area contributed by atoms with Crippen LogP contribution in [0.3, 0.4) is 0 Å². The van der Waals surface area contributed by atoms with Gasteiger partial charge < -0.3 is 15.0 Å². The minimum Gasteiger partial charge on any atom is -0.379 e. The molecule has 1 atom stereocenters. The summed E-state index contributed by atoms with van der Waals surface area (Å²) in [6.45, 7) is 6.28. The molecule has 0 aromatic rings. The average Bonchev–Trinajstić information content (AvgIpc) is 3.09. The molecular formula is C13H24N2O2. The van der Waals surface area contributed by atoms with Crippen molar-refractivity contribution in [2.45, 2.75) is 38.6 Å². The molecule has 1 N–H and O–H groups in total. The van der Waals surface area contributed by atoms with E-state index in [9.17, 15) is 4.79 Å². The van der Waals surface area contributed by atoms with Crippen LogP contribution in [0.2, 0.25) is 0 Å². The normalized spacial score (nSPS) is 24.6. The summed E-state index contributed by atoms with van der Waals surface area (Å²) in [5, 5.41) is 3.30. The average molecular weight is 240 g/mol. The van der Waals surface area contributed by atoms with Gasteiger partial charge in [0, 0.05) is 19.7 Å². The first-order valence-electron chi connectivity index (χ1n) is 6.91. The van der Waals surface area contributed by atoms with E-state index in [0.717, 1.165) is 45.0 Å². The molecule has 98 valence electrons. The number of carbonyl (C=O) groups excluding carboxylic acids is 1. The van der Waals surface area contributed by atoms with E-state index in [1.807, 2.05) is 4.90 Å². The van der Waals surface area contributed by atoms with Gasteiger partial charge in [0.1, 0.15) is 0 Å². The predicted octanol–water partition coefficient (Wildman–Crippen LogP) is 1.01. The summed E-state index contributed by atoms with van der Waals surface area (Å²) >= 11 is 0. The number of carbonyl (C=O) groups is 1. The molecule has 2 rings (SSSR count). The molecule has 17 heavy (non-hydrogen) atoms. The van der Waals surface area contributed by atoms with Gasteiger partial charge in [0.05, 0.1) is 12.6 Å². The van der Waals surface area contributed by atoms with Crippen molar-refractivity contribution in [2.75, 3.05) is 32.8 Å². The summed E-state index contributed by atoms with van der Waals surface area (Å²) in [7, 11) is 0. The Hall–Kier alpha value is -0.610. The zero-order valence-electron chi connectivity index (χ0n) is 10.8. The molecule has 1 unspecified atom stereocenters. The number of amides is 1. The van der Waals surface area contributed by atoms with Crippen molar-refractivity contribution in [3.8, 4) is 0 Å². The molecule has 0 bridgehead atoms. The highest BCUT2D eigenvalue weighted by atomic mass is 16.5. The van der Waals surface area contributed by atoms with Gasteiger partial charge in [0.25, 0.3) is 0 Å². The van der Waals surface area contributed by atoms with Crippen LogP contribution < -0.4 is 5.32 Å². The Balaban J connectivity index is 1.58. The third-order valence-electron chi connectivity index (χ3n) is 3.49. The third-order valence-corrected chi connectivity index (χ3v) is 3.49. The molecule has 1 aliphatic heterocycles. The van der Waals surface area contributed by atoms with E-state index < -0.39 is 0 Å². The quantitative estimate of drug-likeness (QED) is 0.644. The van der Waals surface area contributed by atoms with Gasteiger partial charge in [0.2, 0.25) is 5.91 Å². The monoisotopic (exact) mass is 240 g/mol. The number of nitrogens with one attached hydrogen (secondary N) is 1. The number of hydrogen-bond donors (Lipinski definition) is 1. The van der Waals surface area contributed by atoms with Crippen LogP contribution >= 0.6 is 0 Å². The highest BCUT2D eigenvalue weighted by Crippen LogP contribution is 2.28. The van der Waals surface area contributed by atoms with Crippen LogP contribution in [0.15, 0.2) is 0 Å². The van der Waals surface area contributed by atoms with Crippen molar-refractivity contribution in [3.05, 3.63) is 0 Å². The van der Waals surface area contributed by atoms with Crippen molar-refractivity contribution in [3.63, 3.8) is 0 Å². The Labute approximate surface area is 104 Å². The topological polar surface area (TPSA) is 41.6 Å². The second kappa shape index (κ2) is 6.36. The standard InChI is InChI=1S/C13H24N2O2/c1-2-6-14-12-5-7-15(13(12)16)8-9-17-10-11-3-4-11/h11-12,14H,2-10H2,1H3. The highest BCUT2D eigenvalue weighted by Gasteiger charge is 2.30. The fraction of sp³-hybridized carbons (Fsp3) is 0.923. The lowest BCUT2D eigenvalue weighted by atomic mass is 10.2. The van der Waals surface area contributed by atoms with E-state index >= 15 is 0 Å². The van der Waals surface area contributed by atoms with Gasteiger partial charge in [-0.2, -0.15) is 0 Å². The fourth-order valence-electron chi connectivity index (χ4n) is 2.18. The Morgan fingerprint density at radius 1 is 1.41 bits per heavy atom. The van der Waals surface area contributed by atoms with E-state index in [1.165, 1.54) is 12.8 Å². The van der Waals surface area contributed by atoms with Crippen molar-refractivity contribution in [1.82, 2.24) is 10.2 Å². The molecule has 2 aliphatic rings. The largest absolute Gasteiger partial charge is 0.379 e. The Morgan fingerprint density at radius 2 is 2.24 bits per heavy atom. The molecule has 4 heteroatoms. The van der Waals surface area contributed by atoms with Crippen LogP contribution in [0.5, 0.6) is 0 Å². The first-order chi connectivity index (χ1) is 8.31. The molecule has 1 aliphatic carbocycles. The number of nitrogens with zero attached hydrogens (tertiary/aromatic N) is 1. The zero-order valence-corrected chi connectivity index (χ0v) is 10.8. The van der Waals surface area contributed by atoms with Gasteiger partial charge in [-0.3, -0.25) is 4.79 Å². The van der Waals surface area contributed by atoms with Gasteiger partial charge in [-0.1, -0.05) is 6.92 Å². The molecule has 1 saturated carbocycles. The van der Waals surface area contributed by atoms with Crippen molar-refractivity contribution < 1.29 is 9.53 Å². The predicted molar refractivity (Wildman–Crippen MR) is 66.8 cm³/mol. The molecule has 2 fully saturated rings. The van der Waals surface area contributed by atoms with Gasteiger partial charge in [-0.05, 0) is 38.1 Å². The second-order valence-electron chi connectivity index (χ2n) is 5.14. The molecule has 0 radical (unpaired) electrons. The fourth-order valence-corrected chi connectivity index (χ4v) is 2.18. The number of rotatable bonds is 8. The van der Waals surface area contributed by atoms with E-state index in [1.54, 1.807) is 0 Å². The maximum Gasteiger partial charge on any atom is 0.239 e. The molecule has 0 spiro atoms. The van der Waals surface area contributed by atoms with Crippen LogP contribution in [0.25, 0.3) is 0 Å². The maximum absolute atomic E-state index is 12.0.